The summed E-state index contributed by atoms with van der Waals surface area (Å²) < 4.78 is 5.12. The van der Waals surface area contributed by atoms with Gasteiger partial charge in [0.2, 0.25) is 0 Å². The SMILES string of the molecule is COc1ccc(N2C(=O)[C@@H]3N=NN(Cc4ccc(C)cc4)[C@H]3C2=O)cc1Cl. The summed E-state index contributed by atoms with van der Waals surface area (Å²) in [6.07, 6.45) is 0. The second kappa shape index (κ2) is 6.66. The third kappa shape index (κ3) is 2.94. The van der Waals surface area contributed by atoms with Crippen LogP contribution in [0.5, 0.6) is 5.75 Å². The fourth-order valence-corrected chi connectivity index (χ4v) is 3.54. The standard InChI is InChI=1S/C19H17ClN4O3/c1-11-3-5-12(6-4-11)10-23-17-16(21-22-23)18(25)24(19(17)26)13-7-8-15(27-2)14(20)9-13/h3-9,16-17H,10H2,1-2H3/t16-,17-/m1/s1. The minimum atomic E-state index is -0.830. The number of benzene rings is 2. The Morgan fingerprint density at radius 1 is 1.11 bits per heavy atom. The van der Waals surface area contributed by atoms with Crippen LogP contribution in [-0.4, -0.2) is 36.0 Å². The van der Waals surface area contributed by atoms with Gasteiger partial charge in [-0.25, -0.2) is 4.90 Å². The van der Waals surface area contributed by atoms with E-state index in [9.17, 15) is 9.59 Å². The number of ether oxygens (including phenoxy) is 1. The monoisotopic (exact) mass is 384 g/mol. The molecule has 1 saturated heterocycles. The number of amides is 2. The number of hydrogen-bond donors (Lipinski definition) is 0. The van der Waals surface area contributed by atoms with Crippen molar-refractivity contribution in [2.75, 3.05) is 12.0 Å². The Balaban J connectivity index is 1.59. The zero-order valence-electron chi connectivity index (χ0n) is 14.8. The molecule has 4 rings (SSSR count). The average molecular weight is 385 g/mol. The van der Waals surface area contributed by atoms with Crippen molar-refractivity contribution in [3.8, 4) is 5.75 Å². The van der Waals surface area contributed by atoms with Crippen LogP contribution in [-0.2, 0) is 16.1 Å². The van der Waals surface area contributed by atoms with Gasteiger partial charge in [-0.15, -0.1) is 0 Å². The third-order valence-corrected chi connectivity index (χ3v) is 5.01. The summed E-state index contributed by atoms with van der Waals surface area (Å²) in [6.45, 7) is 2.41. The van der Waals surface area contributed by atoms with Gasteiger partial charge < -0.3 is 4.74 Å². The molecule has 0 aliphatic carbocycles. The normalized spacial score (nSPS) is 21.1. The molecule has 8 heteroatoms. The summed E-state index contributed by atoms with van der Waals surface area (Å²) in [5, 5.41) is 9.99. The maximum atomic E-state index is 13.0. The van der Waals surface area contributed by atoms with E-state index < -0.39 is 18.0 Å². The van der Waals surface area contributed by atoms with Crippen LogP contribution in [0.4, 0.5) is 5.69 Å². The molecule has 2 atom stereocenters. The van der Waals surface area contributed by atoms with Crippen LogP contribution in [0.3, 0.4) is 0 Å². The number of nitrogens with zero attached hydrogens (tertiary/aromatic N) is 4. The molecule has 27 heavy (non-hydrogen) atoms. The molecule has 1 fully saturated rings. The van der Waals surface area contributed by atoms with Crippen molar-refractivity contribution in [3.05, 3.63) is 58.6 Å². The van der Waals surface area contributed by atoms with Crippen molar-refractivity contribution >= 4 is 29.1 Å². The lowest BCUT2D eigenvalue weighted by molar-refractivity contribution is -0.123. The number of fused-ring (bicyclic) bond motifs is 1. The minimum Gasteiger partial charge on any atom is -0.495 e. The number of carbonyl (C=O) groups excluding carboxylic acids is 2. The van der Waals surface area contributed by atoms with Gasteiger partial charge in [-0.3, -0.25) is 14.6 Å². The summed E-state index contributed by atoms with van der Waals surface area (Å²) in [5.41, 5.74) is 2.54. The van der Waals surface area contributed by atoms with E-state index in [1.807, 2.05) is 31.2 Å². The van der Waals surface area contributed by atoms with Crippen molar-refractivity contribution < 1.29 is 14.3 Å². The number of methoxy groups -OCH3 is 1. The van der Waals surface area contributed by atoms with Crippen LogP contribution < -0.4 is 9.64 Å². The highest BCUT2D eigenvalue weighted by atomic mass is 35.5. The first-order valence-electron chi connectivity index (χ1n) is 8.44. The molecule has 7 nitrogen and oxygen atoms in total. The van der Waals surface area contributed by atoms with Gasteiger partial charge >= 0.3 is 0 Å². The molecule has 0 unspecified atom stereocenters. The molecule has 138 valence electrons. The van der Waals surface area contributed by atoms with Crippen molar-refractivity contribution in [3.63, 3.8) is 0 Å². The average Bonchev–Trinajstić information content (AvgIpc) is 3.17. The van der Waals surface area contributed by atoms with Gasteiger partial charge in [0.15, 0.2) is 12.1 Å². The predicted octanol–water partition coefficient (Wildman–Crippen LogP) is 3.15. The Kier molecular flexibility index (Phi) is 4.31. The lowest BCUT2D eigenvalue weighted by Crippen LogP contribution is -2.39. The molecule has 0 saturated carbocycles. The molecular formula is C19H17ClN4O3. The van der Waals surface area contributed by atoms with Gasteiger partial charge in [0.1, 0.15) is 5.75 Å². The van der Waals surface area contributed by atoms with Crippen molar-refractivity contribution in [1.29, 1.82) is 0 Å². The molecule has 0 bridgehead atoms. The van der Waals surface area contributed by atoms with Gasteiger partial charge in [-0.1, -0.05) is 46.7 Å². The first-order chi connectivity index (χ1) is 13.0. The summed E-state index contributed by atoms with van der Waals surface area (Å²) in [4.78, 5) is 26.9. The van der Waals surface area contributed by atoms with Gasteiger partial charge in [0, 0.05) is 0 Å². The van der Waals surface area contributed by atoms with Crippen LogP contribution in [0.25, 0.3) is 0 Å². The Hall–Kier alpha value is -2.93. The molecule has 2 aliphatic rings. The first-order valence-corrected chi connectivity index (χ1v) is 8.81. The Morgan fingerprint density at radius 3 is 2.52 bits per heavy atom. The van der Waals surface area contributed by atoms with E-state index in [0.717, 1.165) is 16.0 Å². The van der Waals surface area contributed by atoms with E-state index in [4.69, 9.17) is 16.3 Å². The molecule has 0 spiro atoms. The van der Waals surface area contributed by atoms with E-state index in [-0.39, 0.29) is 5.91 Å². The summed E-state index contributed by atoms with van der Waals surface area (Å²) >= 11 is 6.15. The molecular weight excluding hydrogens is 368 g/mol. The fourth-order valence-electron chi connectivity index (χ4n) is 3.28. The number of rotatable bonds is 4. The van der Waals surface area contributed by atoms with E-state index in [1.54, 1.807) is 23.2 Å². The summed E-state index contributed by atoms with van der Waals surface area (Å²) in [6, 6.07) is 11.2. The molecule has 2 aromatic rings. The molecule has 2 aromatic carbocycles. The number of halogens is 1. The number of aryl methyl sites for hydroxylation is 1. The molecule has 2 amide bonds. The highest BCUT2D eigenvalue weighted by Gasteiger charge is 2.54. The third-order valence-electron chi connectivity index (χ3n) is 4.72. The number of hydrogen-bond acceptors (Lipinski definition) is 6. The van der Waals surface area contributed by atoms with Crippen LogP contribution in [0.15, 0.2) is 52.8 Å². The lowest BCUT2D eigenvalue weighted by Gasteiger charge is -2.21. The molecule has 0 N–H and O–H groups in total. The maximum absolute atomic E-state index is 13.0. The van der Waals surface area contributed by atoms with E-state index >= 15 is 0 Å². The minimum absolute atomic E-state index is 0.325. The second-order valence-electron chi connectivity index (χ2n) is 6.51. The van der Waals surface area contributed by atoms with Gasteiger partial charge in [-0.05, 0) is 30.7 Å². The van der Waals surface area contributed by atoms with Gasteiger partial charge in [0.05, 0.1) is 24.4 Å². The van der Waals surface area contributed by atoms with E-state index in [1.165, 1.54) is 7.11 Å². The second-order valence-corrected chi connectivity index (χ2v) is 6.92. The topological polar surface area (TPSA) is 74.6 Å². The molecule has 2 aliphatic heterocycles. The number of imide groups is 1. The van der Waals surface area contributed by atoms with Crippen LogP contribution in [0.2, 0.25) is 5.02 Å². The highest BCUT2D eigenvalue weighted by molar-refractivity contribution is 6.33. The van der Waals surface area contributed by atoms with Crippen molar-refractivity contribution in [2.24, 2.45) is 10.3 Å². The summed E-state index contributed by atoms with van der Waals surface area (Å²) in [5.74, 6) is -0.287. The molecule has 0 radical (unpaired) electrons. The van der Waals surface area contributed by atoms with Crippen molar-refractivity contribution in [1.82, 2.24) is 5.01 Å². The van der Waals surface area contributed by atoms with Crippen molar-refractivity contribution in [2.45, 2.75) is 25.6 Å². The summed E-state index contributed by atoms with van der Waals surface area (Å²) in [7, 11) is 1.50. The first kappa shape index (κ1) is 17.5. The largest absolute Gasteiger partial charge is 0.495 e. The van der Waals surface area contributed by atoms with E-state index in [0.29, 0.717) is 23.0 Å². The van der Waals surface area contributed by atoms with Crippen LogP contribution in [0.1, 0.15) is 11.1 Å². The highest BCUT2D eigenvalue weighted by Crippen LogP contribution is 2.35. The van der Waals surface area contributed by atoms with E-state index in [2.05, 4.69) is 10.3 Å². The zero-order chi connectivity index (χ0) is 19.1. The van der Waals surface area contributed by atoms with Crippen LogP contribution in [0, 0.1) is 6.92 Å². The Bertz CT molecular complexity index is 944. The Labute approximate surface area is 161 Å². The van der Waals surface area contributed by atoms with Gasteiger partial charge in [0.25, 0.3) is 11.8 Å². The quantitative estimate of drug-likeness (QED) is 0.759. The number of anilines is 1. The predicted molar refractivity (Wildman–Crippen MR) is 99.7 cm³/mol. The van der Waals surface area contributed by atoms with Crippen LogP contribution >= 0.6 is 11.6 Å². The Morgan fingerprint density at radius 2 is 1.85 bits per heavy atom. The maximum Gasteiger partial charge on any atom is 0.263 e. The zero-order valence-corrected chi connectivity index (χ0v) is 15.6. The lowest BCUT2D eigenvalue weighted by atomic mass is 10.1. The fraction of sp³-hybridized carbons (Fsp3) is 0.263. The van der Waals surface area contributed by atoms with Gasteiger partial charge in [-0.2, -0.15) is 5.11 Å². The molecule has 2 heterocycles. The molecule has 0 aromatic heterocycles. The number of carbonyl (C=O) groups is 2. The smallest absolute Gasteiger partial charge is 0.263 e.